The van der Waals surface area contributed by atoms with Crippen LogP contribution in [0.25, 0.3) is 0 Å². The van der Waals surface area contributed by atoms with Crippen LogP contribution >= 0.6 is 11.8 Å². The highest BCUT2D eigenvalue weighted by Crippen LogP contribution is 2.31. The molecule has 1 atom stereocenters. The number of hydrogen-bond acceptors (Lipinski definition) is 3. The average molecular weight is 204 g/mol. The second-order valence-corrected chi connectivity index (χ2v) is 5.09. The van der Waals surface area contributed by atoms with E-state index in [4.69, 9.17) is 5.11 Å². The second-order valence-electron chi connectivity index (χ2n) is 3.80. The monoisotopic (exact) mass is 204 g/mol. The SMILES string of the molecule is CC(O)(CSC1CCCC1)C(=O)O. The summed E-state index contributed by atoms with van der Waals surface area (Å²) in [4.78, 5) is 10.6. The zero-order valence-corrected chi connectivity index (χ0v) is 8.64. The number of rotatable bonds is 4. The molecule has 1 aliphatic carbocycles. The molecular weight excluding hydrogens is 188 g/mol. The number of aliphatic hydroxyl groups is 1. The van der Waals surface area contributed by atoms with Gasteiger partial charge in [0.2, 0.25) is 0 Å². The molecule has 0 heterocycles. The van der Waals surface area contributed by atoms with Crippen LogP contribution in [-0.4, -0.2) is 32.8 Å². The van der Waals surface area contributed by atoms with Crippen molar-refractivity contribution in [3.05, 3.63) is 0 Å². The topological polar surface area (TPSA) is 57.5 Å². The van der Waals surface area contributed by atoms with Crippen molar-refractivity contribution in [3.8, 4) is 0 Å². The van der Waals surface area contributed by atoms with Crippen molar-refractivity contribution in [2.45, 2.75) is 43.5 Å². The molecule has 1 fully saturated rings. The molecule has 1 unspecified atom stereocenters. The first-order valence-electron chi connectivity index (χ1n) is 4.60. The smallest absolute Gasteiger partial charge is 0.336 e. The minimum absolute atomic E-state index is 0.299. The highest BCUT2D eigenvalue weighted by molar-refractivity contribution is 8.00. The van der Waals surface area contributed by atoms with E-state index in [1.807, 2.05) is 0 Å². The number of hydrogen-bond donors (Lipinski definition) is 2. The van der Waals surface area contributed by atoms with Gasteiger partial charge in [-0.25, -0.2) is 4.79 Å². The molecule has 2 N–H and O–H groups in total. The van der Waals surface area contributed by atoms with Crippen molar-refractivity contribution in [3.63, 3.8) is 0 Å². The first-order chi connectivity index (χ1) is 6.02. The minimum atomic E-state index is -1.56. The Morgan fingerprint density at radius 1 is 1.54 bits per heavy atom. The lowest BCUT2D eigenvalue weighted by Gasteiger charge is -2.19. The standard InChI is InChI=1S/C9H16O3S/c1-9(12,8(10)11)6-13-7-4-2-3-5-7/h7,12H,2-6H2,1H3,(H,10,11). The molecule has 0 aromatic heterocycles. The largest absolute Gasteiger partial charge is 0.479 e. The molecule has 0 aromatic carbocycles. The molecular formula is C9H16O3S. The summed E-state index contributed by atoms with van der Waals surface area (Å²) in [7, 11) is 0. The van der Waals surface area contributed by atoms with E-state index in [1.165, 1.54) is 32.6 Å². The highest BCUT2D eigenvalue weighted by Gasteiger charge is 2.31. The molecule has 3 nitrogen and oxygen atoms in total. The van der Waals surface area contributed by atoms with Crippen molar-refractivity contribution >= 4 is 17.7 Å². The van der Waals surface area contributed by atoms with Gasteiger partial charge in [0.05, 0.1) is 0 Å². The fourth-order valence-electron chi connectivity index (χ4n) is 1.40. The maximum atomic E-state index is 10.6. The van der Waals surface area contributed by atoms with Crippen LogP contribution in [0.5, 0.6) is 0 Å². The maximum absolute atomic E-state index is 10.6. The van der Waals surface area contributed by atoms with Crippen LogP contribution in [0.4, 0.5) is 0 Å². The molecule has 0 aliphatic heterocycles. The quantitative estimate of drug-likeness (QED) is 0.728. The van der Waals surface area contributed by atoms with E-state index < -0.39 is 11.6 Å². The fraction of sp³-hybridized carbons (Fsp3) is 0.889. The number of aliphatic carboxylic acids is 1. The van der Waals surface area contributed by atoms with Gasteiger partial charge in [-0.1, -0.05) is 12.8 Å². The Morgan fingerprint density at radius 3 is 2.54 bits per heavy atom. The summed E-state index contributed by atoms with van der Waals surface area (Å²) in [5.74, 6) is -0.828. The molecule has 0 saturated heterocycles. The van der Waals surface area contributed by atoms with Gasteiger partial charge < -0.3 is 10.2 Å². The summed E-state index contributed by atoms with van der Waals surface area (Å²) in [6.45, 7) is 1.36. The van der Waals surface area contributed by atoms with Crippen LogP contribution < -0.4 is 0 Å². The lowest BCUT2D eigenvalue weighted by molar-refractivity contribution is -0.154. The fourth-order valence-corrected chi connectivity index (χ4v) is 2.75. The third kappa shape index (κ3) is 3.19. The summed E-state index contributed by atoms with van der Waals surface area (Å²) in [6, 6.07) is 0. The van der Waals surface area contributed by atoms with Crippen LogP contribution in [0.2, 0.25) is 0 Å². The van der Waals surface area contributed by atoms with Gasteiger partial charge in [-0.3, -0.25) is 0 Å². The van der Waals surface area contributed by atoms with E-state index in [-0.39, 0.29) is 0 Å². The molecule has 0 radical (unpaired) electrons. The summed E-state index contributed by atoms with van der Waals surface area (Å²) < 4.78 is 0. The van der Waals surface area contributed by atoms with E-state index in [0.717, 1.165) is 0 Å². The van der Waals surface area contributed by atoms with Gasteiger partial charge >= 0.3 is 5.97 Å². The number of carboxylic acid groups (broad SMARTS) is 1. The molecule has 76 valence electrons. The van der Waals surface area contributed by atoms with Gasteiger partial charge in [-0.05, 0) is 19.8 Å². The molecule has 13 heavy (non-hydrogen) atoms. The Bertz CT molecular complexity index is 185. The zero-order valence-electron chi connectivity index (χ0n) is 7.82. The maximum Gasteiger partial charge on any atom is 0.336 e. The van der Waals surface area contributed by atoms with Crippen LogP contribution in [0.1, 0.15) is 32.6 Å². The van der Waals surface area contributed by atoms with E-state index in [1.54, 1.807) is 11.8 Å². The lowest BCUT2D eigenvalue weighted by Crippen LogP contribution is -2.38. The average Bonchev–Trinajstić information content (AvgIpc) is 2.52. The van der Waals surface area contributed by atoms with Gasteiger partial charge in [-0.2, -0.15) is 11.8 Å². The van der Waals surface area contributed by atoms with Crippen molar-refractivity contribution < 1.29 is 15.0 Å². The van der Waals surface area contributed by atoms with E-state index in [0.29, 0.717) is 11.0 Å². The second kappa shape index (κ2) is 4.33. The first kappa shape index (κ1) is 10.9. The molecule has 1 aliphatic rings. The van der Waals surface area contributed by atoms with Crippen molar-refractivity contribution in [2.75, 3.05) is 5.75 Å². The molecule has 0 aromatic rings. The van der Waals surface area contributed by atoms with Gasteiger partial charge in [0, 0.05) is 11.0 Å². The predicted octanol–water partition coefficient (Wildman–Crippen LogP) is 1.50. The Kier molecular flexibility index (Phi) is 3.62. The molecule has 0 bridgehead atoms. The molecule has 0 spiro atoms. The minimum Gasteiger partial charge on any atom is -0.479 e. The van der Waals surface area contributed by atoms with Crippen molar-refractivity contribution in [2.24, 2.45) is 0 Å². The van der Waals surface area contributed by atoms with Gasteiger partial charge in [0.25, 0.3) is 0 Å². The summed E-state index contributed by atoms with van der Waals surface area (Å²) >= 11 is 1.59. The third-order valence-electron chi connectivity index (χ3n) is 2.36. The van der Waals surface area contributed by atoms with E-state index in [2.05, 4.69) is 0 Å². The number of carboxylic acids is 1. The Balaban J connectivity index is 2.28. The van der Waals surface area contributed by atoms with Gasteiger partial charge in [0.1, 0.15) is 0 Å². The van der Waals surface area contributed by atoms with Gasteiger partial charge in [-0.15, -0.1) is 0 Å². The molecule has 0 amide bonds. The first-order valence-corrected chi connectivity index (χ1v) is 5.64. The van der Waals surface area contributed by atoms with Crippen molar-refractivity contribution in [1.29, 1.82) is 0 Å². The van der Waals surface area contributed by atoms with E-state index >= 15 is 0 Å². The van der Waals surface area contributed by atoms with Crippen LogP contribution in [0.3, 0.4) is 0 Å². The van der Waals surface area contributed by atoms with Crippen LogP contribution in [-0.2, 0) is 4.79 Å². The van der Waals surface area contributed by atoms with Gasteiger partial charge in [0.15, 0.2) is 5.60 Å². The number of thioether (sulfide) groups is 1. The number of carbonyl (C=O) groups is 1. The summed E-state index contributed by atoms with van der Waals surface area (Å²) in [5, 5.41) is 18.6. The van der Waals surface area contributed by atoms with E-state index in [9.17, 15) is 9.90 Å². The molecule has 4 heteroatoms. The predicted molar refractivity (Wildman–Crippen MR) is 53.0 cm³/mol. The Hall–Kier alpha value is -0.220. The van der Waals surface area contributed by atoms with Crippen molar-refractivity contribution in [1.82, 2.24) is 0 Å². The summed E-state index contributed by atoms with van der Waals surface area (Å²) in [5.41, 5.74) is -1.56. The normalized spacial score (nSPS) is 22.9. The van der Waals surface area contributed by atoms with Crippen LogP contribution in [0, 0.1) is 0 Å². The molecule has 1 saturated carbocycles. The zero-order chi connectivity index (χ0) is 9.90. The van der Waals surface area contributed by atoms with Crippen LogP contribution in [0.15, 0.2) is 0 Å². The molecule has 1 rings (SSSR count). The third-order valence-corrected chi connectivity index (χ3v) is 4.03. The lowest BCUT2D eigenvalue weighted by atomic mass is 10.1. The summed E-state index contributed by atoms with van der Waals surface area (Å²) in [6.07, 6.45) is 4.82. The highest BCUT2D eigenvalue weighted by atomic mass is 32.2. The Morgan fingerprint density at radius 2 is 2.08 bits per heavy atom. The Labute approximate surface area is 82.5 Å².